The molecule has 0 radical (unpaired) electrons. The number of nitrogens with zero attached hydrogens (tertiary/aromatic N) is 1. The van der Waals surface area contributed by atoms with Gasteiger partial charge in [0.25, 0.3) is 0 Å². The van der Waals surface area contributed by atoms with Gasteiger partial charge in [0.1, 0.15) is 9.88 Å². The minimum absolute atomic E-state index is 0.0623. The quantitative estimate of drug-likeness (QED) is 0.622. The molecule has 10 heteroatoms. The highest BCUT2D eigenvalue weighted by Gasteiger charge is 2.60. The standard InChI is InChI=1S/C17H15F3N2O3S2/c1-3-25-14(23)12-8(2)11(13(21)27-12)16(24,17(18,19)20)15-22-9-6-4-5-7-10(9)26-15/h4-7,24H,3,21H2,1-2H3/t16-/m1/s1. The second kappa shape index (κ2) is 6.77. The predicted octanol–water partition coefficient (Wildman–Crippen LogP) is 4.22. The van der Waals surface area contributed by atoms with Crippen LogP contribution < -0.4 is 5.73 Å². The summed E-state index contributed by atoms with van der Waals surface area (Å²) in [5.74, 6) is -0.785. The summed E-state index contributed by atoms with van der Waals surface area (Å²) in [7, 11) is 0. The van der Waals surface area contributed by atoms with Crippen LogP contribution in [0.4, 0.5) is 18.2 Å². The summed E-state index contributed by atoms with van der Waals surface area (Å²) in [6, 6.07) is 6.47. The molecule has 0 aliphatic heterocycles. The summed E-state index contributed by atoms with van der Waals surface area (Å²) in [5.41, 5.74) is 2.06. The molecule has 27 heavy (non-hydrogen) atoms. The van der Waals surface area contributed by atoms with Crippen molar-refractivity contribution in [2.75, 3.05) is 12.3 Å². The zero-order chi connectivity index (χ0) is 20.0. The van der Waals surface area contributed by atoms with Crippen LogP contribution in [0.25, 0.3) is 10.2 Å². The fraction of sp³-hybridized carbons (Fsp3) is 0.294. The number of hydrogen-bond donors (Lipinski definition) is 2. The van der Waals surface area contributed by atoms with E-state index >= 15 is 0 Å². The third-order valence-electron chi connectivity index (χ3n) is 4.01. The molecular weight excluding hydrogens is 401 g/mol. The molecular formula is C17H15F3N2O3S2. The number of nitrogen functional groups attached to an aromatic ring is 1. The Kier molecular flexibility index (Phi) is 4.91. The summed E-state index contributed by atoms with van der Waals surface area (Å²) in [4.78, 5) is 15.9. The van der Waals surface area contributed by atoms with E-state index in [4.69, 9.17) is 10.5 Å². The molecule has 2 heterocycles. The summed E-state index contributed by atoms with van der Waals surface area (Å²) < 4.78 is 47.6. The molecule has 0 bridgehead atoms. The van der Waals surface area contributed by atoms with Crippen LogP contribution >= 0.6 is 22.7 Å². The van der Waals surface area contributed by atoms with Crippen LogP contribution in [0.1, 0.15) is 32.7 Å². The van der Waals surface area contributed by atoms with Gasteiger partial charge in [0.05, 0.1) is 21.8 Å². The van der Waals surface area contributed by atoms with Gasteiger partial charge in [-0.15, -0.1) is 22.7 Å². The lowest BCUT2D eigenvalue weighted by Crippen LogP contribution is -2.44. The van der Waals surface area contributed by atoms with E-state index in [0.717, 1.165) is 11.3 Å². The molecule has 0 spiro atoms. The zero-order valence-electron chi connectivity index (χ0n) is 14.3. The second-order valence-corrected chi connectivity index (χ2v) is 7.79. The second-order valence-electron chi connectivity index (χ2n) is 5.71. The maximum Gasteiger partial charge on any atom is 0.428 e. The fourth-order valence-corrected chi connectivity index (χ4v) is 4.88. The van der Waals surface area contributed by atoms with Gasteiger partial charge in [-0.2, -0.15) is 13.2 Å². The van der Waals surface area contributed by atoms with Crippen LogP contribution in [0.5, 0.6) is 0 Å². The van der Waals surface area contributed by atoms with Crippen molar-refractivity contribution in [3.05, 3.63) is 45.3 Å². The smallest absolute Gasteiger partial charge is 0.428 e. The first-order valence-corrected chi connectivity index (χ1v) is 9.46. The molecule has 0 fully saturated rings. The number of carbonyl (C=O) groups excluding carboxylic acids is 1. The van der Waals surface area contributed by atoms with E-state index in [9.17, 15) is 23.1 Å². The highest BCUT2D eigenvalue weighted by molar-refractivity contribution is 7.19. The number of thiophene rings is 1. The van der Waals surface area contributed by atoms with Crippen LogP contribution in [-0.4, -0.2) is 28.8 Å². The number of alkyl halides is 3. The average Bonchev–Trinajstić information content (AvgIpc) is 3.15. The van der Waals surface area contributed by atoms with E-state index in [1.807, 2.05) is 0 Å². The van der Waals surface area contributed by atoms with E-state index in [1.54, 1.807) is 31.2 Å². The van der Waals surface area contributed by atoms with Gasteiger partial charge in [-0.3, -0.25) is 0 Å². The minimum Gasteiger partial charge on any atom is -0.462 e. The third kappa shape index (κ3) is 3.07. The molecule has 0 amide bonds. The Morgan fingerprint density at radius 1 is 1.30 bits per heavy atom. The number of anilines is 1. The van der Waals surface area contributed by atoms with E-state index in [1.165, 1.54) is 6.92 Å². The molecule has 1 aromatic carbocycles. The third-order valence-corrected chi connectivity index (χ3v) is 6.26. The number of benzene rings is 1. The monoisotopic (exact) mass is 416 g/mol. The van der Waals surface area contributed by atoms with E-state index in [2.05, 4.69) is 4.98 Å². The number of carbonyl (C=O) groups is 1. The Hall–Kier alpha value is -2.17. The lowest BCUT2D eigenvalue weighted by Gasteiger charge is -2.29. The molecule has 0 aliphatic carbocycles. The fourth-order valence-electron chi connectivity index (χ4n) is 2.77. The number of halogens is 3. The molecule has 3 aromatic rings. The number of ether oxygens (including phenoxy) is 1. The van der Waals surface area contributed by atoms with Crippen molar-refractivity contribution >= 4 is 43.9 Å². The molecule has 3 rings (SSSR count). The first kappa shape index (κ1) is 19.6. The number of thiazole rings is 1. The van der Waals surface area contributed by atoms with E-state index in [-0.39, 0.29) is 22.0 Å². The molecule has 0 saturated carbocycles. The van der Waals surface area contributed by atoms with Crippen molar-refractivity contribution in [2.45, 2.75) is 25.6 Å². The van der Waals surface area contributed by atoms with Crippen molar-refractivity contribution in [1.82, 2.24) is 4.98 Å². The van der Waals surface area contributed by atoms with E-state index < -0.39 is 28.3 Å². The maximum atomic E-state index is 14.1. The Balaban J connectivity index is 2.26. The first-order valence-electron chi connectivity index (χ1n) is 7.82. The highest BCUT2D eigenvalue weighted by atomic mass is 32.1. The number of aromatic nitrogens is 1. The van der Waals surface area contributed by atoms with Crippen LogP contribution in [0.3, 0.4) is 0 Å². The average molecular weight is 416 g/mol. The molecule has 1 atom stereocenters. The predicted molar refractivity (Wildman–Crippen MR) is 98.1 cm³/mol. The summed E-state index contributed by atoms with van der Waals surface area (Å²) >= 11 is 1.38. The Morgan fingerprint density at radius 2 is 1.96 bits per heavy atom. The normalized spacial score (nSPS) is 14.3. The molecule has 0 unspecified atom stereocenters. The lowest BCUT2D eigenvalue weighted by atomic mass is 9.91. The number of aliphatic hydroxyl groups is 1. The first-order chi connectivity index (χ1) is 12.6. The van der Waals surface area contributed by atoms with Crippen LogP contribution in [0.15, 0.2) is 24.3 Å². The number of para-hydroxylation sites is 1. The van der Waals surface area contributed by atoms with Gasteiger partial charge in [-0.05, 0) is 31.5 Å². The molecule has 2 aromatic heterocycles. The number of hydrogen-bond acceptors (Lipinski definition) is 7. The van der Waals surface area contributed by atoms with Crippen molar-refractivity contribution < 1.29 is 27.8 Å². The van der Waals surface area contributed by atoms with Gasteiger partial charge in [-0.25, -0.2) is 9.78 Å². The Morgan fingerprint density at radius 3 is 2.56 bits per heavy atom. The van der Waals surface area contributed by atoms with Gasteiger partial charge in [0, 0.05) is 5.56 Å². The maximum absolute atomic E-state index is 14.1. The minimum atomic E-state index is -5.10. The molecule has 3 N–H and O–H groups in total. The van der Waals surface area contributed by atoms with Crippen LogP contribution in [-0.2, 0) is 10.3 Å². The topological polar surface area (TPSA) is 85.4 Å². The van der Waals surface area contributed by atoms with Crippen molar-refractivity contribution in [2.24, 2.45) is 0 Å². The summed E-state index contributed by atoms with van der Waals surface area (Å²) in [6.45, 7) is 2.95. The zero-order valence-corrected chi connectivity index (χ0v) is 15.9. The lowest BCUT2D eigenvalue weighted by molar-refractivity contribution is -0.248. The van der Waals surface area contributed by atoms with Crippen molar-refractivity contribution in [3.63, 3.8) is 0 Å². The Bertz CT molecular complexity index is 980. The van der Waals surface area contributed by atoms with Gasteiger partial charge in [0.2, 0.25) is 5.60 Å². The SMILES string of the molecule is CCOC(=O)c1sc(N)c([C@@](O)(c2nc3ccccc3s2)C(F)(F)F)c1C. The molecule has 5 nitrogen and oxygen atoms in total. The van der Waals surface area contributed by atoms with Crippen LogP contribution in [0, 0.1) is 6.92 Å². The molecule has 0 saturated heterocycles. The number of fused-ring (bicyclic) bond motifs is 1. The number of rotatable bonds is 4. The van der Waals surface area contributed by atoms with Gasteiger partial charge >= 0.3 is 12.1 Å². The highest BCUT2D eigenvalue weighted by Crippen LogP contribution is 2.51. The van der Waals surface area contributed by atoms with E-state index in [0.29, 0.717) is 21.6 Å². The van der Waals surface area contributed by atoms with Gasteiger partial charge in [-0.1, -0.05) is 12.1 Å². The van der Waals surface area contributed by atoms with Crippen molar-refractivity contribution in [3.8, 4) is 0 Å². The number of nitrogens with two attached hydrogens (primary N) is 1. The van der Waals surface area contributed by atoms with Gasteiger partial charge in [0.15, 0.2) is 0 Å². The summed E-state index contributed by atoms with van der Waals surface area (Å²) in [5, 5.41) is 10.0. The molecule has 144 valence electrons. The van der Waals surface area contributed by atoms with Gasteiger partial charge < -0.3 is 15.6 Å². The number of esters is 1. The van der Waals surface area contributed by atoms with Crippen molar-refractivity contribution in [1.29, 1.82) is 0 Å². The molecule has 0 aliphatic rings. The summed E-state index contributed by atoms with van der Waals surface area (Å²) in [6.07, 6.45) is -5.10. The largest absolute Gasteiger partial charge is 0.462 e. The Labute approximate surface area is 160 Å². The van der Waals surface area contributed by atoms with Crippen LogP contribution in [0.2, 0.25) is 0 Å².